The van der Waals surface area contributed by atoms with Crippen LogP contribution in [0.3, 0.4) is 0 Å². The monoisotopic (exact) mass is 302 g/mol. The smallest absolute Gasteiger partial charge is 0.240 e. The molecule has 2 aliphatic carbocycles. The van der Waals surface area contributed by atoms with E-state index in [0.29, 0.717) is 43.2 Å². The van der Waals surface area contributed by atoms with E-state index >= 15 is 0 Å². The minimum absolute atomic E-state index is 0.134. The van der Waals surface area contributed by atoms with Crippen LogP contribution in [0.1, 0.15) is 25.7 Å². The molecule has 0 saturated heterocycles. The van der Waals surface area contributed by atoms with Crippen LogP contribution in [-0.4, -0.2) is 31.1 Å². The number of anilines is 1. The van der Waals surface area contributed by atoms with Gasteiger partial charge in [0.1, 0.15) is 18.6 Å². The first-order valence-corrected chi connectivity index (χ1v) is 7.69. The van der Waals surface area contributed by atoms with Gasteiger partial charge in [-0.15, -0.1) is 0 Å². The molecule has 2 N–H and O–H groups in total. The Morgan fingerprint density at radius 3 is 2.45 bits per heavy atom. The predicted molar refractivity (Wildman–Crippen MR) is 78.9 cm³/mol. The summed E-state index contributed by atoms with van der Waals surface area (Å²) in [5.41, 5.74) is -0.254. The van der Waals surface area contributed by atoms with Crippen LogP contribution in [-0.2, 0) is 9.59 Å². The minimum Gasteiger partial charge on any atom is -0.486 e. The summed E-state index contributed by atoms with van der Waals surface area (Å²) < 4.78 is 10.9. The number of benzene rings is 1. The zero-order chi connectivity index (χ0) is 15.2. The topological polar surface area (TPSA) is 76.7 Å². The highest BCUT2D eigenvalue weighted by Crippen LogP contribution is 2.47. The SMILES string of the molecule is O=C(Nc1ccc2c(c1)OCCO2)C1(C(=O)NC2CC2)CC1. The van der Waals surface area contributed by atoms with Crippen molar-refractivity contribution in [3.8, 4) is 11.5 Å². The summed E-state index contributed by atoms with van der Waals surface area (Å²) in [7, 11) is 0. The predicted octanol–water partition coefficient (Wildman–Crippen LogP) is 1.46. The summed E-state index contributed by atoms with van der Waals surface area (Å²) in [5.74, 6) is 0.931. The van der Waals surface area contributed by atoms with Gasteiger partial charge in [0, 0.05) is 17.8 Å². The number of carbonyl (C=O) groups excluding carboxylic acids is 2. The van der Waals surface area contributed by atoms with Crippen molar-refractivity contribution in [2.24, 2.45) is 5.41 Å². The summed E-state index contributed by atoms with van der Waals surface area (Å²) in [6.45, 7) is 1.03. The van der Waals surface area contributed by atoms with Crippen molar-refractivity contribution in [1.82, 2.24) is 5.32 Å². The molecule has 0 atom stereocenters. The van der Waals surface area contributed by atoms with E-state index in [1.807, 2.05) is 0 Å². The van der Waals surface area contributed by atoms with Gasteiger partial charge in [-0.1, -0.05) is 0 Å². The van der Waals surface area contributed by atoms with Gasteiger partial charge in [-0.3, -0.25) is 9.59 Å². The van der Waals surface area contributed by atoms with Gasteiger partial charge in [-0.2, -0.15) is 0 Å². The van der Waals surface area contributed by atoms with E-state index in [-0.39, 0.29) is 17.9 Å². The summed E-state index contributed by atoms with van der Waals surface area (Å²) in [5, 5.41) is 5.76. The van der Waals surface area contributed by atoms with E-state index in [0.717, 1.165) is 12.8 Å². The molecule has 6 nitrogen and oxygen atoms in total. The number of ether oxygens (including phenoxy) is 2. The maximum Gasteiger partial charge on any atom is 0.240 e. The molecule has 0 aromatic heterocycles. The Kier molecular flexibility index (Phi) is 2.99. The van der Waals surface area contributed by atoms with Crippen LogP contribution >= 0.6 is 0 Å². The number of hydrogen-bond acceptors (Lipinski definition) is 4. The quantitative estimate of drug-likeness (QED) is 0.826. The Balaban J connectivity index is 1.46. The zero-order valence-electron chi connectivity index (χ0n) is 12.2. The molecule has 6 heteroatoms. The average molecular weight is 302 g/mol. The molecule has 22 heavy (non-hydrogen) atoms. The van der Waals surface area contributed by atoms with Gasteiger partial charge in [0.2, 0.25) is 11.8 Å². The van der Waals surface area contributed by atoms with E-state index in [1.165, 1.54) is 0 Å². The second kappa shape index (κ2) is 4.90. The highest BCUT2D eigenvalue weighted by Gasteiger charge is 2.57. The van der Waals surface area contributed by atoms with E-state index < -0.39 is 5.41 Å². The molecule has 0 bridgehead atoms. The first-order valence-electron chi connectivity index (χ1n) is 7.69. The fourth-order valence-corrected chi connectivity index (χ4v) is 2.61. The Morgan fingerprint density at radius 2 is 1.77 bits per heavy atom. The molecule has 1 heterocycles. The van der Waals surface area contributed by atoms with Gasteiger partial charge in [0.05, 0.1) is 0 Å². The molecule has 4 rings (SSSR count). The maximum absolute atomic E-state index is 12.5. The van der Waals surface area contributed by atoms with Gasteiger partial charge in [0.25, 0.3) is 0 Å². The molecule has 1 aromatic rings. The largest absolute Gasteiger partial charge is 0.486 e. The van der Waals surface area contributed by atoms with Gasteiger partial charge >= 0.3 is 0 Å². The summed E-state index contributed by atoms with van der Waals surface area (Å²) in [6, 6.07) is 5.54. The Morgan fingerprint density at radius 1 is 1.05 bits per heavy atom. The number of rotatable bonds is 4. The van der Waals surface area contributed by atoms with Crippen LogP contribution in [0.2, 0.25) is 0 Å². The average Bonchev–Trinajstić information content (AvgIpc) is 3.41. The molecular formula is C16H18N2O4. The lowest BCUT2D eigenvalue weighted by molar-refractivity contribution is -0.134. The molecule has 3 aliphatic rings. The molecule has 2 amide bonds. The molecule has 0 spiro atoms. The molecule has 0 unspecified atom stereocenters. The fourth-order valence-electron chi connectivity index (χ4n) is 2.61. The molecule has 2 saturated carbocycles. The van der Waals surface area contributed by atoms with Crippen molar-refractivity contribution < 1.29 is 19.1 Å². The number of hydrogen-bond donors (Lipinski definition) is 2. The Bertz CT molecular complexity index is 635. The molecule has 1 aromatic carbocycles. The number of amides is 2. The van der Waals surface area contributed by atoms with Crippen molar-refractivity contribution in [3.63, 3.8) is 0 Å². The number of nitrogens with one attached hydrogen (secondary N) is 2. The second-order valence-electron chi connectivity index (χ2n) is 6.14. The molecular weight excluding hydrogens is 284 g/mol. The van der Waals surface area contributed by atoms with E-state index in [4.69, 9.17) is 9.47 Å². The molecule has 1 aliphatic heterocycles. The lowest BCUT2D eigenvalue weighted by atomic mass is 10.0. The van der Waals surface area contributed by atoms with Crippen LogP contribution in [0.4, 0.5) is 5.69 Å². The lowest BCUT2D eigenvalue weighted by Crippen LogP contribution is -2.40. The maximum atomic E-state index is 12.5. The van der Waals surface area contributed by atoms with Crippen LogP contribution in [0, 0.1) is 5.41 Å². The molecule has 0 radical (unpaired) electrons. The molecule has 2 fully saturated rings. The van der Waals surface area contributed by atoms with E-state index in [2.05, 4.69) is 10.6 Å². The third-order valence-electron chi connectivity index (χ3n) is 4.33. The van der Waals surface area contributed by atoms with Crippen LogP contribution < -0.4 is 20.1 Å². The number of fused-ring (bicyclic) bond motifs is 1. The van der Waals surface area contributed by atoms with Crippen LogP contribution in [0.25, 0.3) is 0 Å². The van der Waals surface area contributed by atoms with Crippen molar-refractivity contribution in [1.29, 1.82) is 0 Å². The van der Waals surface area contributed by atoms with Crippen molar-refractivity contribution >= 4 is 17.5 Å². The van der Waals surface area contributed by atoms with Crippen LogP contribution in [0.5, 0.6) is 11.5 Å². The highest BCUT2D eigenvalue weighted by atomic mass is 16.6. The third-order valence-corrected chi connectivity index (χ3v) is 4.33. The summed E-state index contributed by atoms with van der Waals surface area (Å²) >= 11 is 0. The van der Waals surface area contributed by atoms with Gasteiger partial charge in [-0.05, 0) is 37.8 Å². The summed E-state index contributed by atoms with van der Waals surface area (Å²) in [6.07, 6.45) is 3.26. The molecule has 116 valence electrons. The van der Waals surface area contributed by atoms with E-state index in [1.54, 1.807) is 18.2 Å². The highest BCUT2D eigenvalue weighted by molar-refractivity contribution is 6.13. The lowest BCUT2D eigenvalue weighted by Gasteiger charge is -2.20. The van der Waals surface area contributed by atoms with Crippen molar-refractivity contribution in [2.75, 3.05) is 18.5 Å². The van der Waals surface area contributed by atoms with Crippen molar-refractivity contribution in [3.05, 3.63) is 18.2 Å². The Labute approximate surface area is 128 Å². The van der Waals surface area contributed by atoms with Crippen LogP contribution in [0.15, 0.2) is 18.2 Å². The van der Waals surface area contributed by atoms with Crippen molar-refractivity contribution in [2.45, 2.75) is 31.7 Å². The Hall–Kier alpha value is -2.24. The van der Waals surface area contributed by atoms with Gasteiger partial charge in [-0.25, -0.2) is 0 Å². The van der Waals surface area contributed by atoms with Gasteiger partial charge < -0.3 is 20.1 Å². The van der Waals surface area contributed by atoms with Gasteiger partial charge in [0.15, 0.2) is 11.5 Å². The number of carbonyl (C=O) groups is 2. The first kappa shape index (κ1) is 13.4. The minimum atomic E-state index is -0.879. The standard InChI is InChI=1S/C16H18N2O4/c19-14(17-10-1-2-10)16(5-6-16)15(20)18-11-3-4-12-13(9-11)22-8-7-21-12/h3-4,9-10H,1-2,5-8H2,(H,17,19)(H,18,20). The normalized spacial score (nSPS) is 20.9. The summed E-state index contributed by atoms with van der Waals surface area (Å²) in [4.78, 5) is 24.7. The fraction of sp³-hybridized carbons (Fsp3) is 0.500. The first-order chi connectivity index (χ1) is 10.7. The van der Waals surface area contributed by atoms with E-state index in [9.17, 15) is 9.59 Å². The zero-order valence-corrected chi connectivity index (χ0v) is 12.2. The third kappa shape index (κ3) is 2.38. The second-order valence-corrected chi connectivity index (χ2v) is 6.14.